The number of nitriles is 1. The van der Waals surface area contributed by atoms with Gasteiger partial charge in [0.05, 0.1) is 50.6 Å². The second kappa shape index (κ2) is 10.3. The number of methoxy groups -OCH3 is 3. The van der Waals surface area contributed by atoms with Crippen LogP contribution < -0.4 is 19.1 Å². The third-order valence-electron chi connectivity index (χ3n) is 6.05. The summed E-state index contributed by atoms with van der Waals surface area (Å²) in [5, 5.41) is 9.02. The van der Waals surface area contributed by atoms with Gasteiger partial charge in [0.1, 0.15) is 0 Å². The normalized spacial score (nSPS) is 16.2. The lowest BCUT2D eigenvalue weighted by atomic mass is 10.0. The number of ether oxygens (including phenoxy) is 3. The Morgan fingerprint density at radius 3 is 2.24 bits per heavy atom. The number of benzene rings is 2. The molecule has 0 spiro atoms. The summed E-state index contributed by atoms with van der Waals surface area (Å²) in [4.78, 5) is 29.7. The molecular formula is C25H29N3O5. The van der Waals surface area contributed by atoms with E-state index < -0.39 is 5.92 Å². The topological polar surface area (TPSA) is 92.1 Å². The predicted molar refractivity (Wildman–Crippen MR) is 124 cm³/mol. The summed E-state index contributed by atoms with van der Waals surface area (Å²) < 4.78 is 16.2. The van der Waals surface area contributed by atoms with E-state index in [0.29, 0.717) is 35.0 Å². The minimum Gasteiger partial charge on any atom is -0.493 e. The number of hydrogen-bond acceptors (Lipinski definition) is 6. The lowest BCUT2D eigenvalue weighted by Gasteiger charge is -2.30. The van der Waals surface area contributed by atoms with Crippen molar-refractivity contribution < 1.29 is 23.8 Å². The van der Waals surface area contributed by atoms with Crippen LogP contribution in [0.25, 0.3) is 0 Å². The number of carbonyl (C=O) groups is 2. The zero-order valence-corrected chi connectivity index (χ0v) is 19.6. The molecule has 1 fully saturated rings. The van der Waals surface area contributed by atoms with E-state index in [1.165, 1.54) is 21.3 Å². The standard InChI is InChI=1S/C25H29N3O5/c1-6-27(16(2)18-9-7-17(14-26)8-10-18)25(30)19-11-23(29)28(15-19)20-12-21(31-3)24(33-5)22(13-20)32-4/h7-10,12-13,16,19H,6,11,15H2,1-5H3/t16-,19+/m1/s1. The number of amides is 2. The molecule has 1 heterocycles. The van der Waals surface area contributed by atoms with Crippen LogP contribution in [-0.4, -0.2) is 51.1 Å². The van der Waals surface area contributed by atoms with E-state index in [4.69, 9.17) is 19.5 Å². The van der Waals surface area contributed by atoms with Gasteiger partial charge < -0.3 is 24.0 Å². The SMILES string of the molecule is CCN(C(=O)[C@H]1CC(=O)N(c2cc(OC)c(OC)c(OC)c2)C1)[C@H](C)c1ccc(C#N)cc1. The molecule has 0 bridgehead atoms. The van der Waals surface area contributed by atoms with Crippen LogP contribution in [0.15, 0.2) is 36.4 Å². The molecule has 0 saturated carbocycles. The van der Waals surface area contributed by atoms with E-state index in [-0.39, 0.29) is 30.8 Å². The van der Waals surface area contributed by atoms with E-state index in [9.17, 15) is 9.59 Å². The summed E-state index contributed by atoms with van der Waals surface area (Å²) in [5.41, 5.74) is 2.10. The van der Waals surface area contributed by atoms with Crippen LogP contribution in [0.3, 0.4) is 0 Å². The average Bonchev–Trinajstić information content (AvgIpc) is 3.24. The number of anilines is 1. The predicted octanol–water partition coefficient (Wildman–Crippen LogP) is 3.55. The molecule has 3 rings (SSSR count). The molecule has 2 amide bonds. The molecule has 33 heavy (non-hydrogen) atoms. The lowest BCUT2D eigenvalue weighted by molar-refractivity contribution is -0.137. The van der Waals surface area contributed by atoms with Gasteiger partial charge in [0.2, 0.25) is 17.6 Å². The van der Waals surface area contributed by atoms with Crippen LogP contribution in [0.2, 0.25) is 0 Å². The molecule has 8 nitrogen and oxygen atoms in total. The van der Waals surface area contributed by atoms with Crippen molar-refractivity contribution in [3.63, 3.8) is 0 Å². The summed E-state index contributed by atoms with van der Waals surface area (Å²) in [6.45, 7) is 4.66. The summed E-state index contributed by atoms with van der Waals surface area (Å²) >= 11 is 0. The third-order valence-corrected chi connectivity index (χ3v) is 6.05. The van der Waals surface area contributed by atoms with Crippen LogP contribution in [0.5, 0.6) is 17.2 Å². The molecule has 2 atom stereocenters. The minimum absolute atomic E-state index is 0.0716. The molecule has 0 radical (unpaired) electrons. The molecule has 1 aliphatic rings. The fraction of sp³-hybridized carbons (Fsp3) is 0.400. The zero-order valence-electron chi connectivity index (χ0n) is 19.6. The van der Waals surface area contributed by atoms with Gasteiger partial charge in [0, 0.05) is 31.6 Å². The van der Waals surface area contributed by atoms with Crippen molar-refractivity contribution in [3.8, 4) is 23.3 Å². The number of nitrogens with zero attached hydrogens (tertiary/aromatic N) is 3. The van der Waals surface area contributed by atoms with Gasteiger partial charge in [-0.15, -0.1) is 0 Å². The van der Waals surface area contributed by atoms with Crippen LogP contribution in [-0.2, 0) is 9.59 Å². The minimum atomic E-state index is -0.461. The van der Waals surface area contributed by atoms with Crippen molar-refractivity contribution in [1.82, 2.24) is 4.90 Å². The van der Waals surface area contributed by atoms with Gasteiger partial charge in [-0.25, -0.2) is 0 Å². The maximum absolute atomic E-state index is 13.4. The third kappa shape index (κ3) is 4.72. The Morgan fingerprint density at radius 1 is 1.15 bits per heavy atom. The molecular weight excluding hydrogens is 422 g/mol. The molecule has 1 aliphatic heterocycles. The Hall–Kier alpha value is -3.73. The lowest BCUT2D eigenvalue weighted by Crippen LogP contribution is -2.39. The highest BCUT2D eigenvalue weighted by atomic mass is 16.5. The quantitative estimate of drug-likeness (QED) is 0.610. The highest BCUT2D eigenvalue weighted by molar-refractivity contribution is 6.00. The number of carbonyl (C=O) groups excluding carboxylic acids is 2. The highest BCUT2D eigenvalue weighted by Gasteiger charge is 2.38. The van der Waals surface area contributed by atoms with Gasteiger partial charge in [-0.05, 0) is 31.5 Å². The molecule has 2 aromatic carbocycles. The van der Waals surface area contributed by atoms with Crippen molar-refractivity contribution in [2.75, 3.05) is 39.3 Å². The Balaban J connectivity index is 1.82. The molecule has 0 aromatic heterocycles. The second-order valence-corrected chi connectivity index (χ2v) is 7.82. The second-order valence-electron chi connectivity index (χ2n) is 7.82. The first-order valence-electron chi connectivity index (χ1n) is 10.8. The van der Waals surface area contributed by atoms with E-state index in [2.05, 4.69) is 6.07 Å². The van der Waals surface area contributed by atoms with Crippen molar-refractivity contribution in [1.29, 1.82) is 5.26 Å². The largest absolute Gasteiger partial charge is 0.493 e. The van der Waals surface area contributed by atoms with Gasteiger partial charge in [0.25, 0.3) is 0 Å². The van der Waals surface area contributed by atoms with Crippen LogP contribution in [0.4, 0.5) is 5.69 Å². The summed E-state index contributed by atoms with van der Waals surface area (Å²) in [6.07, 6.45) is 0.131. The average molecular weight is 452 g/mol. The first kappa shape index (κ1) is 23.9. The molecule has 174 valence electrons. The monoisotopic (exact) mass is 451 g/mol. The van der Waals surface area contributed by atoms with Crippen LogP contribution in [0.1, 0.15) is 37.4 Å². The van der Waals surface area contributed by atoms with Crippen molar-refractivity contribution in [2.45, 2.75) is 26.3 Å². The van der Waals surface area contributed by atoms with Gasteiger partial charge >= 0.3 is 0 Å². The van der Waals surface area contributed by atoms with E-state index in [0.717, 1.165) is 5.56 Å². The van der Waals surface area contributed by atoms with Crippen molar-refractivity contribution in [2.24, 2.45) is 5.92 Å². The fourth-order valence-electron chi connectivity index (χ4n) is 4.22. The summed E-state index contributed by atoms with van der Waals surface area (Å²) in [7, 11) is 4.55. The molecule has 0 N–H and O–H groups in total. The van der Waals surface area contributed by atoms with Crippen molar-refractivity contribution >= 4 is 17.5 Å². The van der Waals surface area contributed by atoms with E-state index in [1.807, 2.05) is 26.0 Å². The molecule has 0 unspecified atom stereocenters. The van der Waals surface area contributed by atoms with Crippen LogP contribution >= 0.6 is 0 Å². The maximum atomic E-state index is 13.4. The van der Waals surface area contributed by atoms with E-state index in [1.54, 1.807) is 34.1 Å². The number of rotatable bonds is 8. The summed E-state index contributed by atoms with van der Waals surface area (Å²) in [5.74, 6) is 0.661. The maximum Gasteiger partial charge on any atom is 0.228 e. The Bertz CT molecular complexity index is 1040. The Kier molecular flexibility index (Phi) is 7.44. The van der Waals surface area contributed by atoms with Crippen LogP contribution in [0, 0.1) is 17.2 Å². The zero-order chi connectivity index (χ0) is 24.1. The Morgan fingerprint density at radius 2 is 1.76 bits per heavy atom. The molecule has 0 aliphatic carbocycles. The molecule has 8 heteroatoms. The summed E-state index contributed by atoms with van der Waals surface area (Å²) in [6, 6.07) is 12.6. The molecule has 2 aromatic rings. The first-order chi connectivity index (χ1) is 15.9. The molecule has 1 saturated heterocycles. The van der Waals surface area contributed by atoms with E-state index >= 15 is 0 Å². The van der Waals surface area contributed by atoms with Gasteiger partial charge in [0.15, 0.2) is 11.5 Å². The van der Waals surface area contributed by atoms with Crippen molar-refractivity contribution in [3.05, 3.63) is 47.5 Å². The first-order valence-corrected chi connectivity index (χ1v) is 10.8. The fourth-order valence-corrected chi connectivity index (χ4v) is 4.22. The van der Waals surface area contributed by atoms with Gasteiger partial charge in [-0.1, -0.05) is 12.1 Å². The smallest absolute Gasteiger partial charge is 0.228 e. The number of hydrogen-bond donors (Lipinski definition) is 0. The highest BCUT2D eigenvalue weighted by Crippen LogP contribution is 2.42. The van der Waals surface area contributed by atoms with Gasteiger partial charge in [-0.2, -0.15) is 5.26 Å². The Labute approximate surface area is 194 Å². The van der Waals surface area contributed by atoms with Gasteiger partial charge in [-0.3, -0.25) is 9.59 Å².